The number of benzene rings is 1. The van der Waals surface area contributed by atoms with Crippen molar-refractivity contribution in [1.82, 2.24) is 0 Å². The minimum Gasteiger partial charge on any atom is -0.490 e. The number of hydrogen-bond acceptors (Lipinski definition) is 2. The third kappa shape index (κ3) is 4.62. The molecule has 1 unspecified atom stereocenters. The molecular formula is C17H25NO. The highest BCUT2D eigenvalue weighted by atomic mass is 16.5. The summed E-state index contributed by atoms with van der Waals surface area (Å²) in [6.07, 6.45) is 9.61. The van der Waals surface area contributed by atoms with Crippen molar-refractivity contribution in [2.24, 2.45) is 0 Å². The summed E-state index contributed by atoms with van der Waals surface area (Å²) in [5.41, 5.74) is 1.16. The molecule has 104 valence electrons. The minimum atomic E-state index is 0.435. The van der Waals surface area contributed by atoms with Crippen LogP contribution in [0.3, 0.4) is 0 Å². The average molecular weight is 259 g/mol. The van der Waals surface area contributed by atoms with E-state index in [-0.39, 0.29) is 0 Å². The van der Waals surface area contributed by atoms with E-state index >= 15 is 0 Å². The molecule has 0 aromatic heterocycles. The maximum atomic E-state index is 5.96. The Morgan fingerprint density at radius 3 is 2.63 bits per heavy atom. The zero-order chi connectivity index (χ0) is 13.5. The highest BCUT2D eigenvalue weighted by molar-refractivity contribution is 5.47. The molecule has 0 saturated heterocycles. The van der Waals surface area contributed by atoms with Gasteiger partial charge in [-0.05, 0) is 69.7 Å². The Labute approximate surface area is 116 Å². The minimum absolute atomic E-state index is 0.435. The molecule has 1 N–H and O–H groups in total. The van der Waals surface area contributed by atoms with Crippen molar-refractivity contribution in [3.63, 3.8) is 0 Å². The molecule has 1 aliphatic carbocycles. The maximum absolute atomic E-state index is 5.96. The molecule has 0 spiro atoms. The topological polar surface area (TPSA) is 21.3 Å². The van der Waals surface area contributed by atoms with E-state index in [1.165, 1.54) is 25.7 Å². The van der Waals surface area contributed by atoms with Gasteiger partial charge in [0.05, 0.1) is 6.10 Å². The monoisotopic (exact) mass is 259 g/mol. The Bertz CT molecular complexity index is 379. The van der Waals surface area contributed by atoms with Gasteiger partial charge in [-0.15, -0.1) is 6.58 Å². The Morgan fingerprint density at radius 1 is 1.32 bits per heavy atom. The third-order valence-corrected chi connectivity index (χ3v) is 3.68. The molecule has 19 heavy (non-hydrogen) atoms. The van der Waals surface area contributed by atoms with Gasteiger partial charge in [-0.25, -0.2) is 0 Å². The highest BCUT2D eigenvalue weighted by Gasteiger charge is 2.16. The molecular weight excluding hydrogens is 234 g/mol. The highest BCUT2D eigenvalue weighted by Crippen LogP contribution is 2.25. The van der Waals surface area contributed by atoms with Crippen LogP contribution in [0.2, 0.25) is 0 Å². The van der Waals surface area contributed by atoms with Crippen LogP contribution in [0.4, 0.5) is 5.69 Å². The van der Waals surface area contributed by atoms with Crippen LogP contribution < -0.4 is 10.1 Å². The van der Waals surface area contributed by atoms with Crippen molar-refractivity contribution in [3.8, 4) is 5.75 Å². The molecule has 1 atom stereocenters. The molecule has 0 bridgehead atoms. The molecule has 1 aromatic rings. The van der Waals surface area contributed by atoms with E-state index in [1.807, 2.05) is 6.08 Å². The summed E-state index contributed by atoms with van der Waals surface area (Å²) in [5, 5.41) is 3.49. The first-order chi connectivity index (χ1) is 9.28. The summed E-state index contributed by atoms with van der Waals surface area (Å²) in [5.74, 6) is 0.996. The molecule has 1 fully saturated rings. The first kappa shape index (κ1) is 14.0. The number of ether oxygens (including phenoxy) is 1. The molecule has 0 amide bonds. The molecule has 1 saturated carbocycles. The fourth-order valence-electron chi connectivity index (χ4n) is 2.55. The Balaban J connectivity index is 1.81. The van der Waals surface area contributed by atoms with E-state index < -0.39 is 0 Å². The van der Waals surface area contributed by atoms with Gasteiger partial charge < -0.3 is 10.1 Å². The third-order valence-electron chi connectivity index (χ3n) is 3.68. The van der Waals surface area contributed by atoms with Gasteiger partial charge in [0.25, 0.3) is 0 Å². The van der Waals surface area contributed by atoms with Crippen LogP contribution in [0.25, 0.3) is 0 Å². The van der Waals surface area contributed by atoms with Crippen LogP contribution in [0.1, 0.15) is 45.4 Å². The van der Waals surface area contributed by atoms with E-state index in [0.29, 0.717) is 12.1 Å². The lowest BCUT2D eigenvalue weighted by Gasteiger charge is -2.16. The molecule has 0 radical (unpaired) electrons. The second-order valence-electron chi connectivity index (χ2n) is 5.46. The average Bonchev–Trinajstić information content (AvgIpc) is 2.91. The zero-order valence-electron chi connectivity index (χ0n) is 11.9. The van der Waals surface area contributed by atoms with Crippen LogP contribution in [0, 0.1) is 0 Å². The van der Waals surface area contributed by atoms with Gasteiger partial charge in [-0.1, -0.05) is 6.08 Å². The van der Waals surface area contributed by atoms with Crippen molar-refractivity contribution in [2.75, 3.05) is 5.32 Å². The van der Waals surface area contributed by atoms with E-state index in [9.17, 15) is 0 Å². The lowest BCUT2D eigenvalue weighted by molar-refractivity contribution is 0.210. The van der Waals surface area contributed by atoms with Crippen LogP contribution in [0.5, 0.6) is 5.75 Å². The Morgan fingerprint density at radius 2 is 2.00 bits per heavy atom. The van der Waals surface area contributed by atoms with Gasteiger partial charge in [0, 0.05) is 11.7 Å². The van der Waals surface area contributed by atoms with Gasteiger partial charge in [-0.2, -0.15) is 0 Å². The van der Waals surface area contributed by atoms with Gasteiger partial charge in [0.15, 0.2) is 0 Å². The van der Waals surface area contributed by atoms with Crippen LogP contribution >= 0.6 is 0 Å². The van der Waals surface area contributed by atoms with Gasteiger partial charge in [0.2, 0.25) is 0 Å². The smallest absolute Gasteiger partial charge is 0.119 e. The number of rotatable bonds is 7. The molecule has 2 nitrogen and oxygen atoms in total. The number of anilines is 1. The number of nitrogens with one attached hydrogen (secondary N) is 1. The lowest BCUT2D eigenvalue weighted by atomic mass is 10.1. The maximum Gasteiger partial charge on any atom is 0.119 e. The zero-order valence-corrected chi connectivity index (χ0v) is 11.9. The Hall–Kier alpha value is -1.44. The molecule has 2 rings (SSSR count). The molecule has 1 aliphatic rings. The second kappa shape index (κ2) is 7.22. The normalized spacial score (nSPS) is 17.1. The predicted molar refractivity (Wildman–Crippen MR) is 81.8 cm³/mol. The van der Waals surface area contributed by atoms with E-state index in [4.69, 9.17) is 4.74 Å². The van der Waals surface area contributed by atoms with Crippen LogP contribution in [-0.2, 0) is 0 Å². The standard InChI is InChI=1S/C17H25NO/c1-3-4-7-14(2)18-15-10-12-17(13-11-15)19-16-8-5-6-9-16/h3,10-14,16,18H,1,4-9H2,2H3. The first-order valence-electron chi connectivity index (χ1n) is 7.42. The summed E-state index contributed by atoms with van der Waals surface area (Å²) in [6, 6.07) is 8.82. The molecule has 0 aliphatic heterocycles. The van der Waals surface area contributed by atoms with Crippen molar-refractivity contribution < 1.29 is 4.74 Å². The van der Waals surface area contributed by atoms with Crippen LogP contribution in [0.15, 0.2) is 36.9 Å². The molecule has 2 heteroatoms. The van der Waals surface area contributed by atoms with Crippen molar-refractivity contribution >= 4 is 5.69 Å². The number of hydrogen-bond donors (Lipinski definition) is 1. The first-order valence-corrected chi connectivity index (χ1v) is 7.42. The van der Waals surface area contributed by atoms with Crippen molar-refractivity contribution in [2.45, 2.75) is 57.6 Å². The largest absolute Gasteiger partial charge is 0.490 e. The summed E-state index contributed by atoms with van der Waals surface area (Å²) < 4.78 is 5.96. The fourth-order valence-corrected chi connectivity index (χ4v) is 2.55. The predicted octanol–water partition coefficient (Wildman–Crippen LogP) is 4.77. The summed E-state index contributed by atoms with van der Waals surface area (Å²) in [6.45, 7) is 5.96. The van der Waals surface area contributed by atoms with Gasteiger partial charge in [-0.3, -0.25) is 0 Å². The SMILES string of the molecule is C=CCCC(C)Nc1ccc(OC2CCCC2)cc1. The van der Waals surface area contributed by atoms with E-state index in [2.05, 4.69) is 43.1 Å². The quantitative estimate of drug-likeness (QED) is 0.712. The van der Waals surface area contributed by atoms with Gasteiger partial charge in [0.1, 0.15) is 5.75 Å². The lowest BCUT2D eigenvalue weighted by Crippen LogP contribution is -2.14. The summed E-state index contributed by atoms with van der Waals surface area (Å²) in [7, 11) is 0. The van der Waals surface area contributed by atoms with E-state index in [0.717, 1.165) is 24.3 Å². The van der Waals surface area contributed by atoms with Gasteiger partial charge >= 0.3 is 0 Å². The summed E-state index contributed by atoms with van der Waals surface area (Å²) in [4.78, 5) is 0. The Kier molecular flexibility index (Phi) is 5.31. The van der Waals surface area contributed by atoms with Crippen molar-refractivity contribution in [3.05, 3.63) is 36.9 Å². The van der Waals surface area contributed by atoms with E-state index in [1.54, 1.807) is 0 Å². The van der Waals surface area contributed by atoms with Crippen molar-refractivity contribution in [1.29, 1.82) is 0 Å². The number of allylic oxidation sites excluding steroid dienone is 1. The molecule has 1 aromatic carbocycles. The molecule has 0 heterocycles. The fraction of sp³-hybridized carbons (Fsp3) is 0.529. The van der Waals surface area contributed by atoms with Crippen LogP contribution in [-0.4, -0.2) is 12.1 Å². The summed E-state index contributed by atoms with van der Waals surface area (Å²) >= 11 is 0. The second-order valence-corrected chi connectivity index (χ2v) is 5.46.